The number of nitrogens with zero attached hydrogens (tertiary/aromatic N) is 2. The first kappa shape index (κ1) is 42.2. The van der Waals surface area contributed by atoms with Crippen molar-refractivity contribution in [2.24, 2.45) is 0 Å². The van der Waals surface area contributed by atoms with Crippen molar-refractivity contribution >= 4 is 11.4 Å². The van der Waals surface area contributed by atoms with Gasteiger partial charge in [-0.05, 0) is 111 Å². The van der Waals surface area contributed by atoms with Gasteiger partial charge >= 0.3 is 110 Å². The fourth-order valence-electron chi connectivity index (χ4n) is 7.33. The second kappa shape index (κ2) is 22.6. The van der Waals surface area contributed by atoms with E-state index in [9.17, 15) is 5.53 Å². The third-order valence-corrected chi connectivity index (χ3v) is 11.7. The number of benzene rings is 4. The Morgan fingerprint density at radius 2 is 1.08 bits per heavy atom. The van der Waals surface area contributed by atoms with Gasteiger partial charge in [-0.1, -0.05) is 66.2 Å². The summed E-state index contributed by atoms with van der Waals surface area (Å²) >= 11 is 1.86. The quantitative estimate of drug-likeness (QED) is 0.0518. The molecule has 0 amide bonds. The fraction of sp³-hybridized carbons (Fsp3) is 0.440. The summed E-state index contributed by atoms with van der Waals surface area (Å²) in [6, 6.07) is 30.7. The first-order chi connectivity index (χ1) is 25.8. The SMILES string of the molecule is CCCCCCC1=C(c2cc(CCC)c(CCC)c(CCC)c2)[N+](=[N-])C(c2cc(C)c(C)c(C)c2)=C1.c1ccc(C[CH2][Ni][CH2]Cc2ccccc2)cc1. The van der Waals surface area contributed by atoms with Gasteiger partial charge in [0.1, 0.15) is 0 Å². The molecule has 1 heterocycles. The predicted octanol–water partition coefficient (Wildman–Crippen LogP) is 14.6. The molecule has 0 atom stereocenters. The molecule has 1 aliphatic rings. The topological polar surface area (TPSA) is 25.3 Å². The number of unbranched alkanes of at least 4 members (excludes halogenated alkanes) is 3. The van der Waals surface area contributed by atoms with Gasteiger partial charge in [-0.15, -0.1) is 0 Å². The van der Waals surface area contributed by atoms with Crippen molar-refractivity contribution in [1.82, 2.24) is 0 Å². The third-order valence-electron chi connectivity index (χ3n) is 10.5. The van der Waals surface area contributed by atoms with Gasteiger partial charge in [0.05, 0.1) is 0 Å². The summed E-state index contributed by atoms with van der Waals surface area (Å²) in [7, 11) is 0. The van der Waals surface area contributed by atoms with E-state index in [1.54, 1.807) is 5.56 Å². The van der Waals surface area contributed by atoms with E-state index < -0.39 is 0 Å². The Bertz CT molecular complexity index is 1710. The molecule has 1 aliphatic heterocycles. The number of rotatable bonds is 19. The molecule has 53 heavy (non-hydrogen) atoms. The molecule has 5 rings (SSSR count). The summed E-state index contributed by atoms with van der Waals surface area (Å²) in [4.78, 5) is 0. The Hall–Kier alpha value is -3.55. The molecule has 4 aromatic rings. The van der Waals surface area contributed by atoms with E-state index in [2.05, 4.69) is 139 Å². The zero-order chi connectivity index (χ0) is 38.0. The minimum absolute atomic E-state index is 0.911. The van der Waals surface area contributed by atoms with Gasteiger partial charge in [-0.3, -0.25) is 0 Å². The summed E-state index contributed by atoms with van der Waals surface area (Å²) in [5, 5.41) is 2.48. The van der Waals surface area contributed by atoms with E-state index in [0.717, 1.165) is 61.9 Å². The molecular formula is C50H66N2Ni. The molecule has 0 saturated heterocycles. The number of aryl methyl sites for hydroxylation is 6. The van der Waals surface area contributed by atoms with Crippen LogP contribution in [0.5, 0.6) is 0 Å². The van der Waals surface area contributed by atoms with E-state index in [1.165, 1.54) is 104 Å². The monoisotopic (exact) mass is 752 g/mol. The van der Waals surface area contributed by atoms with Crippen LogP contribution in [0.2, 0.25) is 10.8 Å². The zero-order valence-corrected chi connectivity index (χ0v) is 35.0. The Labute approximate surface area is 329 Å². The Morgan fingerprint density at radius 1 is 0.547 bits per heavy atom. The van der Waals surface area contributed by atoms with Crippen molar-refractivity contribution in [2.75, 3.05) is 0 Å². The van der Waals surface area contributed by atoms with E-state index >= 15 is 0 Å². The Balaban J connectivity index is 0.000000306. The van der Waals surface area contributed by atoms with Crippen LogP contribution in [0.1, 0.15) is 135 Å². The summed E-state index contributed by atoms with van der Waals surface area (Å²) in [6.45, 7) is 15.6. The molecule has 286 valence electrons. The second-order valence-corrected chi connectivity index (χ2v) is 16.2. The first-order valence-electron chi connectivity index (χ1n) is 20.5. The van der Waals surface area contributed by atoms with Gasteiger partial charge < -0.3 is 5.53 Å². The van der Waals surface area contributed by atoms with Crippen molar-refractivity contribution < 1.29 is 19.1 Å². The van der Waals surface area contributed by atoms with E-state index in [0.29, 0.717) is 0 Å². The summed E-state index contributed by atoms with van der Waals surface area (Å²) in [6.07, 6.45) is 17.3. The van der Waals surface area contributed by atoms with Crippen LogP contribution in [0.4, 0.5) is 0 Å². The molecule has 0 radical (unpaired) electrons. The molecule has 0 unspecified atom stereocenters. The molecule has 0 spiro atoms. The molecule has 0 aromatic heterocycles. The van der Waals surface area contributed by atoms with Crippen LogP contribution in [0.3, 0.4) is 0 Å². The van der Waals surface area contributed by atoms with Crippen LogP contribution in [0, 0.1) is 20.8 Å². The average Bonchev–Trinajstić information content (AvgIpc) is 3.50. The molecule has 3 heteroatoms. The van der Waals surface area contributed by atoms with Crippen LogP contribution in [-0.2, 0) is 46.5 Å². The molecule has 0 bridgehead atoms. The fourth-order valence-corrected chi connectivity index (χ4v) is 8.50. The van der Waals surface area contributed by atoms with Crippen molar-refractivity contribution in [3.8, 4) is 0 Å². The molecule has 0 fully saturated rings. The van der Waals surface area contributed by atoms with Crippen molar-refractivity contribution in [3.05, 3.63) is 158 Å². The third kappa shape index (κ3) is 12.5. The van der Waals surface area contributed by atoms with Gasteiger partial charge in [-0.25, -0.2) is 4.70 Å². The second-order valence-electron chi connectivity index (χ2n) is 14.7. The van der Waals surface area contributed by atoms with Gasteiger partial charge in [0.15, 0.2) is 0 Å². The average molecular weight is 754 g/mol. The predicted molar refractivity (Wildman–Crippen MR) is 226 cm³/mol. The van der Waals surface area contributed by atoms with Gasteiger partial charge in [0.25, 0.3) is 0 Å². The Morgan fingerprint density at radius 3 is 1.57 bits per heavy atom. The van der Waals surface area contributed by atoms with E-state index in [4.69, 9.17) is 0 Å². The number of allylic oxidation sites excluding steroid dienone is 2. The number of hydrogen-bond acceptors (Lipinski definition) is 0. The van der Waals surface area contributed by atoms with Crippen molar-refractivity contribution in [3.63, 3.8) is 0 Å². The maximum absolute atomic E-state index is 11.7. The molecule has 2 nitrogen and oxygen atoms in total. The molecule has 0 aliphatic carbocycles. The first-order valence-corrected chi connectivity index (χ1v) is 21.9. The Kier molecular flexibility index (Phi) is 18.0. The minimum atomic E-state index is 0.911. The van der Waals surface area contributed by atoms with Crippen LogP contribution in [0.25, 0.3) is 16.9 Å². The normalized spacial score (nSPS) is 12.7. The van der Waals surface area contributed by atoms with Crippen molar-refractivity contribution in [1.29, 1.82) is 0 Å². The summed E-state index contributed by atoms with van der Waals surface area (Å²) in [5.74, 6) is 0. The molecule has 0 saturated carbocycles. The molecule has 4 aromatic carbocycles. The van der Waals surface area contributed by atoms with Crippen LogP contribution in [-0.4, -0.2) is 4.70 Å². The van der Waals surface area contributed by atoms with Gasteiger partial charge in [-0.2, -0.15) is 0 Å². The summed E-state index contributed by atoms with van der Waals surface area (Å²) in [5.41, 5.74) is 28.4. The maximum atomic E-state index is 11.7. The summed E-state index contributed by atoms with van der Waals surface area (Å²) < 4.78 is 1.50. The van der Waals surface area contributed by atoms with Crippen LogP contribution >= 0.6 is 0 Å². The van der Waals surface area contributed by atoms with Crippen molar-refractivity contribution in [2.45, 2.75) is 143 Å². The van der Waals surface area contributed by atoms with Gasteiger partial charge in [0, 0.05) is 22.8 Å². The molecule has 0 N–H and O–H groups in total. The number of hydrogen-bond donors (Lipinski definition) is 0. The zero-order valence-electron chi connectivity index (χ0n) is 34.0. The van der Waals surface area contributed by atoms with Gasteiger partial charge in [0.2, 0.25) is 11.4 Å². The van der Waals surface area contributed by atoms with Crippen LogP contribution < -0.4 is 0 Å². The van der Waals surface area contributed by atoms with E-state index in [-0.39, 0.29) is 0 Å². The standard InChI is InChI=1S/C34H48N2.2C8H9.Ni/c1-8-12-13-14-18-29-23-33(30-19-24(5)26(7)25(6)20-30)36(35)34(29)31-21-27(15-9-2)32(17-11-4)28(22-31)16-10-3;2*1-2-8-6-4-3-5-7-8;/h19-23H,8-18H2,1-7H3;2*3-7H,1-2H2;. The van der Waals surface area contributed by atoms with E-state index in [1.807, 2.05) is 14.4 Å². The molecular weight excluding hydrogens is 687 g/mol. The van der Waals surface area contributed by atoms with Crippen LogP contribution in [0.15, 0.2) is 96.6 Å².